The van der Waals surface area contributed by atoms with Crippen LogP contribution in [0, 0.1) is 11.8 Å². The summed E-state index contributed by atoms with van der Waals surface area (Å²) in [6, 6.07) is 13.4. The molecule has 4 N–H and O–H groups in total. The third-order valence-electron chi connectivity index (χ3n) is 14.7. The number of benzene rings is 2. The van der Waals surface area contributed by atoms with Crippen molar-refractivity contribution in [3.63, 3.8) is 0 Å². The van der Waals surface area contributed by atoms with Crippen molar-refractivity contribution < 1.29 is 28.7 Å². The van der Waals surface area contributed by atoms with Gasteiger partial charge >= 0.3 is 12.2 Å². The van der Waals surface area contributed by atoms with Crippen LogP contribution < -0.4 is 10.6 Å². The molecule has 3 fully saturated rings. The number of hydrogen-bond donors (Lipinski definition) is 4. The molecule has 0 radical (unpaired) electrons. The number of aromatic amines is 2. The lowest BCUT2D eigenvalue weighted by atomic mass is 9.65. The Morgan fingerprint density at radius 3 is 1.91 bits per heavy atom. The summed E-state index contributed by atoms with van der Waals surface area (Å²) in [5, 5.41) is 5.47. The molecule has 1 saturated carbocycles. The van der Waals surface area contributed by atoms with Crippen LogP contribution in [0.25, 0.3) is 44.7 Å². The molecule has 4 amide bonds. The SMILES string of the molecule is COC(=O)N[C@H](C(=O)N1CCC[C@H]1c1ncc(-c2ccc(-c3ccc(-c4ccc5nc([C@@H]6CCCN6C(=O)[C@@H](NC(=O)OC)C(C)C)[nH]c5c4)c4c3CCCC43CCCC3)nc2)[nH]1)C(C)C. The molecule has 1 spiro atoms. The Hall–Kier alpha value is -6.25. The summed E-state index contributed by atoms with van der Waals surface area (Å²) in [5.41, 5.74) is 11.0. The van der Waals surface area contributed by atoms with Crippen molar-refractivity contribution in [3.8, 4) is 33.6 Å². The summed E-state index contributed by atoms with van der Waals surface area (Å²) >= 11 is 0. The van der Waals surface area contributed by atoms with Gasteiger partial charge in [-0.2, -0.15) is 0 Å². The van der Waals surface area contributed by atoms with E-state index in [-0.39, 0.29) is 41.1 Å². The van der Waals surface area contributed by atoms with Gasteiger partial charge in [0.2, 0.25) is 11.8 Å². The monoisotopic (exact) mass is 897 g/mol. The molecule has 2 aliphatic heterocycles. The third kappa shape index (κ3) is 8.41. The Kier molecular flexibility index (Phi) is 12.6. The lowest BCUT2D eigenvalue weighted by molar-refractivity contribution is -0.136. The van der Waals surface area contributed by atoms with Crippen LogP contribution in [-0.2, 0) is 30.9 Å². The summed E-state index contributed by atoms with van der Waals surface area (Å²) in [7, 11) is 2.61. The van der Waals surface area contributed by atoms with Gasteiger partial charge in [-0.3, -0.25) is 14.6 Å². The Labute approximate surface area is 386 Å². The minimum absolute atomic E-state index is 0.110. The number of aromatic nitrogens is 5. The predicted molar refractivity (Wildman–Crippen MR) is 251 cm³/mol. The number of rotatable bonds is 11. The van der Waals surface area contributed by atoms with Crippen LogP contribution in [0.1, 0.15) is 127 Å². The number of methoxy groups -OCH3 is 2. The second kappa shape index (κ2) is 18.6. The van der Waals surface area contributed by atoms with Crippen molar-refractivity contribution in [1.29, 1.82) is 0 Å². The summed E-state index contributed by atoms with van der Waals surface area (Å²) in [4.78, 5) is 77.5. The molecule has 5 heterocycles. The first-order valence-electron chi connectivity index (χ1n) is 23.9. The predicted octanol–water partition coefficient (Wildman–Crippen LogP) is 8.92. The Balaban J connectivity index is 0.987. The fourth-order valence-corrected chi connectivity index (χ4v) is 11.4. The van der Waals surface area contributed by atoms with E-state index in [1.165, 1.54) is 68.6 Å². The van der Waals surface area contributed by atoms with Crippen LogP contribution in [0.2, 0.25) is 0 Å². The van der Waals surface area contributed by atoms with Gasteiger partial charge in [0.1, 0.15) is 23.7 Å². The van der Waals surface area contributed by atoms with E-state index >= 15 is 0 Å². The average molecular weight is 898 g/mol. The van der Waals surface area contributed by atoms with Crippen LogP contribution in [0.5, 0.6) is 0 Å². The van der Waals surface area contributed by atoms with Gasteiger partial charge in [0.25, 0.3) is 0 Å². The largest absolute Gasteiger partial charge is 0.453 e. The second-order valence-electron chi connectivity index (χ2n) is 19.4. The number of alkyl carbamates (subject to hydrolysis) is 2. The van der Waals surface area contributed by atoms with Crippen LogP contribution in [-0.4, -0.2) is 98.1 Å². The van der Waals surface area contributed by atoms with Crippen molar-refractivity contribution in [2.45, 2.75) is 128 Å². The highest BCUT2D eigenvalue weighted by Crippen LogP contribution is 2.54. The van der Waals surface area contributed by atoms with Gasteiger partial charge in [-0.15, -0.1) is 0 Å². The number of pyridine rings is 1. The molecule has 0 unspecified atom stereocenters. The normalized spacial score (nSPS) is 19.9. The first-order chi connectivity index (χ1) is 31.9. The third-order valence-corrected chi connectivity index (χ3v) is 14.7. The van der Waals surface area contributed by atoms with E-state index in [9.17, 15) is 19.2 Å². The summed E-state index contributed by atoms with van der Waals surface area (Å²) in [6.07, 6.45) is 13.9. The van der Waals surface area contributed by atoms with E-state index in [1.807, 2.05) is 49.9 Å². The molecule has 4 atom stereocenters. The van der Waals surface area contributed by atoms with Crippen molar-refractivity contribution in [1.82, 2.24) is 45.4 Å². The molecular weight excluding hydrogens is 835 g/mol. The number of imidazole rings is 2. The van der Waals surface area contributed by atoms with E-state index in [0.29, 0.717) is 13.1 Å². The molecule has 15 heteroatoms. The average Bonchev–Trinajstić information content (AvgIpc) is 4.19. The summed E-state index contributed by atoms with van der Waals surface area (Å²) in [5.74, 6) is 0.998. The van der Waals surface area contributed by atoms with Crippen LogP contribution in [0.3, 0.4) is 0 Å². The number of hydrogen-bond acceptors (Lipinski definition) is 9. The maximum absolute atomic E-state index is 13.9. The number of nitrogens with one attached hydrogen (secondary N) is 4. The van der Waals surface area contributed by atoms with Gasteiger partial charge in [0, 0.05) is 30.4 Å². The molecule has 15 nitrogen and oxygen atoms in total. The molecule has 3 aromatic heterocycles. The lowest BCUT2D eigenvalue weighted by Crippen LogP contribution is -2.51. The summed E-state index contributed by atoms with van der Waals surface area (Å²) < 4.78 is 9.64. The van der Waals surface area contributed by atoms with E-state index < -0.39 is 24.3 Å². The second-order valence-corrected chi connectivity index (χ2v) is 19.4. The topological polar surface area (TPSA) is 188 Å². The maximum Gasteiger partial charge on any atom is 0.407 e. The lowest BCUT2D eigenvalue weighted by Gasteiger charge is -2.39. The molecule has 66 heavy (non-hydrogen) atoms. The molecule has 9 rings (SSSR count). The van der Waals surface area contributed by atoms with E-state index in [2.05, 4.69) is 63.1 Å². The van der Waals surface area contributed by atoms with Crippen molar-refractivity contribution in [3.05, 3.63) is 77.6 Å². The number of carbonyl (C=O) groups excluding carboxylic acids is 4. The number of H-pyrrole nitrogens is 2. The minimum atomic E-state index is -0.697. The maximum atomic E-state index is 13.9. The molecule has 5 aromatic rings. The van der Waals surface area contributed by atoms with Gasteiger partial charge < -0.3 is 39.9 Å². The number of likely N-dealkylation sites (tertiary alicyclic amines) is 2. The van der Waals surface area contributed by atoms with Gasteiger partial charge in [-0.05, 0) is 122 Å². The zero-order valence-corrected chi connectivity index (χ0v) is 39.0. The number of fused-ring (bicyclic) bond motifs is 3. The fourth-order valence-electron chi connectivity index (χ4n) is 11.4. The molecule has 2 aromatic carbocycles. The Morgan fingerprint density at radius 2 is 1.30 bits per heavy atom. The smallest absolute Gasteiger partial charge is 0.407 e. The number of ether oxygens (including phenoxy) is 2. The highest BCUT2D eigenvalue weighted by atomic mass is 16.5. The van der Waals surface area contributed by atoms with E-state index in [1.54, 1.807) is 0 Å². The Morgan fingerprint density at radius 1 is 0.697 bits per heavy atom. The Bertz CT molecular complexity index is 2610. The zero-order chi connectivity index (χ0) is 46.3. The van der Waals surface area contributed by atoms with Gasteiger partial charge in [-0.25, -0.2) is 19.6 Å². The molecular formula is C51H63N9O6. The van der Waals surface area contributed by atoms with E-state index in [0.717, 1.165) is 83.7 Å². The molecule has 2 saturated heterocycles. The fraction of sp³-hybridized carbons (Fsp3) is 0.510. The first kappa shape index (κ1) is 44.9. The highest BCUT2D eigenvalue weighted by Gasteiger charge is 2.43. The van der Waals surface area contributed by atoms with Crippen LogP contribution in [0.4, 0.5) is 9.59 Å². The van der Waals surface area contributed by atoms with Gasteiger partial charge in [-0.1, -0.05) is 58.7 Å². The quantitative estimate of drug-likeness (QED) is 0.100. The van der Waals surface area contributed by atoms with Gasteiger partial charge in [0.15, 0.2) is 0 Å². The summed E-state index contributed by atoms with van der Waals surface area (Å²) in [6.45, 7) is 8.86. The molecule has 2 aliphatic carbocycles. The molecule has 0 bridgehead atoms. The van der Waals surface area contributed by atoms with Crippen molar-refractivity contribution >= 4 is 35.0 Å². The van der Waals surface area contributed by atoms with Gasteiger partial charge in [0.05, 0.1) is 54.9 Å². The molecule has 348 valence electrons. The molecule has 4 aliphatic rings. The number of amides is 4. The van der Waals surface area contributed by atoms with E-state index in [4.69, 9.17) is 24.4 Å². The number of carbonyl (C=O) groups is 4. The van der Waals surface area contributed by atoms with Crippen molar-refractivity contribution in [2.24, 2.45) is 11.8 Å². The first-order valence-corrected chi connectivity index (χ1v) is 23.9. The highest BCUT2D eigenvalue weighted by molar-refractivity contribution is 5.88. The minimum Gasteiger partial charge on any atom is -0.453 e. The number of nitrogens with zero attached hydrogens (tertiary/aromatic N) is 5. The van der Waals surface area contributed by atoms with Crippen molar-refractivity contribution in [2.75, 3.05) is 27.3 Å². The van der Waals surface area contributed by atoms with Crippen LogP contribution >= 0.6 is 0 Å². The standard InChI is InChI=1S/C51H63N9O6/c1-29(2)43(57-49(63)65-5)47(61)59-24-10-13-40(59)45-53-28-39(56-45)32-16-19-36(52-27-32)34-18-17-33(42-35(34)12-9-23-51(42)21-7-8-22-51)31-15-20-37-38(26-31)55-46(54-37)41-14-11-25-60(41)48(62)44(30(3)4)58-50(64)66-6/h15-20,26-30,40-41,43-44H,7-14,21-25H2,1-6H3,(H,53,56)(H,54,55)(H,57,63)(H,58,64)/t40-,41-,43-,44-/m0/s1. The zero-order valence-electron chi connectivity index (χ0n) is 39.0. The van der Waals surface area contributed by atoms with Crippen LogP contribution in [0.15, 0.2) is 54.9 Å².